The number of carbonyl (C=O) groups excluding carboxylic acids is 2. The average molecular weight is 247 g/mol. The van der Waals surface area contributed by atoms with Crippen LogP contribution in [0.1, 0.15) is 20.8 Å². The summed E-state index contributed by atoms with van der Waals surface area (Å²) in [6.45, 7) is 0. The van der Waals surface area contributed by atoms with Crippen LogP contribution < -0.4 is 11.1 Å². The predicted molar refractivity (Wildman–Crippen MR) is 65.0 cm³/mol. The largest absolute Gasteiger partial charge is 0.364 e. The van der Waals surface area contributed by atoms with Crippen LogP contribution in [0.3, 0.4) is 0 Å². The Kier molecular flexibility index (Phi) is 3.15. The topological polar surface area (TPSA) is 85.1 Å². The molecule has 0 atom stereocenters. The molecule has 2 rings (SSSR count). The number of amides is 2. The third kappa shape index (κ3) is 2.67. The molecule has 0 saturated heterocycles. The van der Waals surface area contributed by atoms with Crippen LogP contribution in [0.2, 0.25) is 0 Å². The second kappa shape index (κ2) is 4.75. The van der Waals surface area contributed by atoms with Crippen LogP contribution in [0, 0.1) is 0 Å². The van der Waals surface area contributed by atoms with Gasteiger partial charge in [-0.25, -0.2) is 4.98 Å². The molecule has 2 amide bonds. The lowest BCUT2D eigenvalue weighted by molar-refractivity contribution is 0.0992. The Balaban J connectivity index is 2.11. The highest BCUT2D eigenvalue weighted by molar-refractivity contribution is 7.14. The zero-order chi connectivity index (χ0) is 12.3. The summed E-state index contributed by atoms with van der Waals surface area (Å²) in [6.07, 6.45) is 0. The zero-order valence-corrected chi connectivity index (χ0v) is 9.53. The van der Waals surface area contributed by atoms with E-state index in [1.807, 2.05) is 6.07 Å². The Hall–Kier alpha value is -2.21. The Labute approximate surface area is 101 Å². The summed E-state index contributed by atoms with van der Waals surface area (Å²) in [6, 6.07) is 8.75. The van der Waals surface area contributed by atoms with Crippen LogP contribution in [0.4, 0.5) is 5.13 Å². The zero-order valence-electron chi connectivity index (χ0n) is 8.71. The maximum atomic E-state index is 11.7. The molecule has 6 heteroatoms. The molecule has 1 aromatic heterocycles. The van der Waals surface area contributed by atoms with Crippen molar-refractivity contribution in [1.82, 2.24) is 4.98 Å². The van der Waals surface area contributed by atoms with Crippen molar-refractivity contribution in [2.45, 2.75) is 0 Å². The number of rotatable bonds is 3. The van der Waals surface area contributed by atoms with Gasteiger partial charge in [-0.1, -0.05) is 18.2 Å². The third-order valence-electron chi connectivity index (χ3n) is 2.01. The molecule has 1 heterocycles. The summed E-state index contributed by atoms with van der Waals surface area (Å²) in [5, 5.41) is 4.45. The third-order valence-corrected chi connectivity index (χ3v) is 2.77. The monoisotopic (exact) mass is 247 g/mol. The molecular formula is C11H9N3O2S. The average Bonchev–Trinajstić information content (AvgIpc) is 2.79. The maximum Gasteiger partial charge on any atom is 0.268 e. The maximum absolute atomic E-state index is 11.7. The van der Waals surface area contributed by atoms with Crippen molar-refractivity contribution in [3.05, 3.63) is 47.0 Å². The van der Waals surface area contributed by atoms with Gasteiger partial charge in [0.1, 0.15) is 5.69 Å². The van der Waals surface area contributed by atoms with E-state index >= 15 is 0 Å². The summed E-state index contributed by atoms with van der Waals surface area (Å²) in [7, 11) is 0. The second-order valence-corrected chi connectivity index (χ2v) is 4.08. The number of benzene rings is 1. The first kappa shape index (κ1) is 11.3. The summed E-state index contributed by atoms with van der Waals surface area (Å²) in [4.78, 5) is 26.4. The second-order valence-electron chi connectivity index (χ2n) is 3.22. The van der Waals surface area contributed by atoms with Gasteiger partial charge in [0.25, 0.3) is 11.8 Å². The molecule has 3 N–H and O–H groups in total. The van der Waals surface area contributed by atoms with Crippen LogP contribution in [0.25, 0.3) is 0 Å². The minimum atomic E-state index is -0.610. The number of nitrogens with zero attached hydrogens (tertiary/aromatic N) is 1. The van der Waals surface area contributed by atoms with Crippen LogP contribution in [0.5, 0.6) is 0 Å². The van der Waals surface area contributed by atoms with Crippen LogP contribution in [0.15, 0.2) is 35.7 Å². The van der Waals surface area contributed by atoms with E-state index < -0.39 is 5.91 Å². The van der Waals surface area contributed by atoms with Gasteiger partial charge in [-0.3, -0.25) is 14.9 Å². The van der Waals surface area contributed by atoms with E-state index in [1.165, 1.54) is 5.38 Å². The normalized spacial score (nSPS) is 9.88. The van der Waals surface area contributed by atoms with Crippen molar-refractivity contribution < 1.29 is 9.59 Å². The number of carbonyl (C=O) groups is 2. The molecule has 2 aromatic rings. The first-order valence-corrected chi connectivity index (χ1v) is 5.66. The van der Waals surface area contributed by atoms with Gasteiger partial charge in [-0.2, -0.15) is 0 Å². The fourth-order valence-corrected chi connectivity index (χ4v) is 1.90. The smallest absolute Gasteiger partial charge is 0.268 e. The molecule has 1 aromatic carbocycles. The first-order chi connectivity index (χ1) is 8.16. The summed E-state index contributed by atoms with van der Waals surface area (Å²) in [5.41, 5.74) is 5.74. The van der Waals surface area contributed by atoms with Gasteiger partial charge in [-0.05, 0) is 12.1 Å². The van der Waals surface area contributed by atoms with E-state index in [0.717, 1.165) is 11.3 Å². The van der Waals surface area contributed by atoms with E-state index in [1.54, 1.807) is 24.3 Å². The number of primary amides is 1. The number of anilines is 1. The van der Waals surface area contributed by atoms with Gasteiger partial charge in [0.15, 0.2) is 5.13 Å². The molecule has 0 aliphatic carbocycles. The fraction of sp³-hybridized carbons (Fsp3) is 0. The number of nitrogens with two attached hydrogens (primary N) is 1. The predicted octanol–water partition coefficient (Wildman–Crippen LogP) is 1.49. The quantitative estimate of drug-likeness (QED) is 0.861. The summed E-state index contributed by atoms with van der Waals surface area (Å²) >= 11 is 1.16. The minimum Gasteiger partial charge on any atom is -0.364 e. The summed E-state index contributed by atoms with van der Waals surface area (Å²) < 4.78 is 0. The molecule has 17 heavy (non-hydrogen) atoms. The van der Waals surface area contributed by atoms with Gasteiger partial charge in [0, 0.05) is 10.9 Å². The van der Waals surface area contributed by atoms with E-state index in [2.05, 4.69) is 10.3 Å². The van der Waals surface area contributed by atoms with E-state index in [-0.39, 0.29) is 11.6 Å². The van der Waals surface area contributed by atoms with Crippen molar-refractivity contribution in [1.29, 1.82) is 0 Å². The molecule has 0 aliphatic heterocycles. The number of hydrogen-bond acceptors (Lipinski definition) is 4. The molecule has 0 saturated carbocycles. The lowest BCUT2D eigenvalue weighted by atomic mass is 10.2. The lowest BCUT2D eigenvalue weighted by Crippen LogP contribution is -2.13. The number of aromatic nitrogens is 1. The van der Waals surface area contributed by atoms with Gasteiger partial charge in [0.2, 0.25) is 0 Å². The fourth-order valence-electron chi connectivity index (χ4n) is 1.20. The Bertz CT molecular complexity index is 551. The van der Waals surface area contributed by atoms with Crippen molar-refractivity contribution in [3.8, 4) is 0 Å². The highest BCUT2D eigenvalue weighted by Gasteiger charge is 2.10. The Morgan fingerprint density at radius 3 is 2.53 bits per heavy atom. The Morgan fingerprint density at radius 2 is 1.94 bits per heavy atom. The van der Waals surface area contributed by atoms with Gasteiger partial charge in [-0.15, -0.1) is 11.3 Å². The SMILES string of the molecule is NC(=O)c1csc(NC(=O)c2ccccc2)n1. The van der Waals surface area contributed by atoms with Gasteiger partial charge >= 0.3 is 0 Å². The van der Waals surface area contributed by atoms with Crippen molar-refractivity contribution in [2.24, 2.45) is 5.73 Å². The van der Waals surface area contributed by atoms with E-state index in [9.17, 15) is 9.59 Å². The molecule has 86 valence electrons. The van der Waals surface area contributed by atoms with E-state index in [4.69, 9.17) is 5.73 Å². The molecule has 0 aliphatic rings. The molecular weight excluding hydrogens is 238 g/mol. The standard InChI is InChI=1S/C11H9N3O2S/c12-9(15)8-6-17-11(13-8)14-10(16)7-4-2-1-3-5-7/h1-6H,(H2,12,15)(H,13,14,16). The number of nitrogens with one attached hydrogen (secondary N) is 1. The molecule has 0 bridgehead atoms. The van der Waals surface area contributed by atoms with Crippen LogP contribution in [-0.2, 0) is 0 Å². The van der Waals surface area contributed by atoms with Gasteiger partial charge in [0.05, 0.1) is 0 Å². The minimum absolute atomic E-state index is 0.151. The van der Waals surface area contributed by atoms with E-state index in [0.29, 0.717) is 10.7 Å². The molecule has 5 nitrogen and oxygen atoms in total. The Morgan fingerprint density at radius 1 is 1.24 bits per heavy atom. The number of hydrogen-bond donors (Lipinski definition) is 2. The van der Waals surface area contributed by atoms with Crippen LogP contribution in [-0.4, -0.2) is 16.8 Å². The first-order valence-electron chi connectivity index (χ1n) is 4.78. The van der Waals surface area contributed by atoms with Crippen LogP contribution >= 0.6 is 11.3 Å². The molecule has 0 unspecified atom stereocenters. The number of thiazole rings is 1. The van der Waals surface area contributed by atoms with Crippen molar-refractivity contribution in [2.75, 3.05) is 5.32 Å². The molecule has 0 spiro atoms. The van der Waals surface area contributed by atoms with Crippen molar-refractivity contribution in [3.63, 3.8) is 0 Å². The molecule has 0 fully saturated rings. The van der Waals surface area contributed by atoms with Gasteiger partial charge < -0.3 is 5.73 Å². The molecule has 0 radical (unpaired) electrons. The highest BCUT2D eigenvalue weighted by atomic mass is 32.1. The highest BCUT2D eigenvalue weighted by Crippen LogP contribution is 2.15. The summed E-state index contributed by atoms with van der Waals surface area (Å²) in [5.74, 6) is -0.877. The lowest BCUT2D eigenvalue weighted by Gasteiger charge is -2.00. The van der Waals surface area contributed by atoms with Crippen molar-refractivity contribution >= 4 is 28.3 Å².